The third-order valence-electron chi connectivity index (χ3n) is 6.47. The first-order valence-electron chi connectivity index (χ1n) is 13.2. The number of carbonyl (C=O) groups excluding carboxylic acids is 2. The third kappa shape index (κ3) is 8.12. The highest BCUT2D eigenvalue weighted by Crippen LogP contribution is 2.26. The topological polar surface area (TPSA) is 109 Å². The highest BCUT2D eigenvalue weighted by Gasteiger charge is 2.31. The summed E-state index contributed by atoms with van der Waals surface area (Å²) in [4.78, 5) is 29.1. The number of sulfonamides is 1. The number of amides is 2. The molecule has 2 amide bonds. The smallest absolute Gasteiger partial charge is 0.247 e. The number of hydrogen-bond acceptors (Lipinski definition) is 5. The Morgan fingerprint density at radius 2 is 1.59 bits per heavy atom. The van der Waals surface area contributed by atoms with Crippen molar-refractivity contribution in [1.82, 2.24) is 14.9 Å². The van der Waals surface area contributed by atoms with Crippen molar-refractivity contribution in [3.8, 4) is 0 Å². The minimum absolute atomic E-state index is 0.0648. The molecule has 0 aliphatic heterocycles. The summed E-state index contributed by atoms with van der Waals surface area (Å²) in [5.74, 6) is -0.509. The molecule has 0 fully saturated rings. The van der Waals surface area contributed by atoms with Gasteiger partial charge in [0.2, 0.25) is 21.8 Å². The maximum Gasteiger partial charge on any atom is 0.247 e. The number of furan rings is 1. The van der Waals surface area contributed by atoms with E-state index in [0.717, 1.165) is 5.56 Å². The molecule has 0 radical (unpaired) electrons. The van der Waals surface area contributed by atoms with Gasteiger partial charge in [-0.05, 0) is 59.5 Å². The molecule has 0 aliphatic carbocycles. The summed E-state index contributed by atoms with van der Waals surface area (Å²) < 4.78 is 45.9. The van der Waals surface area contributed by atoms with Crippen LogP contribution in [0, 0.1) is 5.82 Å². The largest absolute Gasteiger partial charge is 0.467 e. The average molecular weight is 578 g/mol. The van der Waals surface area contributed by atoms with E-state index in [1.807, 2.05) is 6.07 Å². The minimum atomic E-state index is -3.59. The number of nitrogens with zero attached hydrogens (tertiary/aromatic N) is 1. The Balaban J connectivity index is 1.59. The van der Waals surface area contributed by atoms with Gasteiger partial charge in [0.15, 0.2) is 0 Å². The Labute approximate surface area is 239 Å². The van der Waals surface area contributed by atoms with E-state index in [1.54, 1.807) is 67.6 Å². The van der Waals surface area contributed by atoms with Crippen LogP contribution in [0.2, 0.25) is 0 Å². The van der Waals surface area contributed by atoms with Gasteiger partial charge < -0.3 is 14.6 Å². The van der Waals surface area contributed by atoms with Crippen molar-refractivity contribution in [3.05, 3.63) is 126 Å². The number of hydrogen-bond donors (Lipinski definition) is 2. The molecule has 0 spiro atoms. The van der Waals surface area contributed by atoms with Crippen molar-refractivity contribution in [2.24, 2.45) is 0 Å². The molecule has 0 saturated carbocycles. The van der Waals surface area contributed by atoms with Crippen LogP contribution in [-0.2, 0) is 39.1 Å². The molecule has 1 heterocycles. The van der Waals surface area contributed by atoms with Gasteiger partial charge >= 0.3 is 0 Å². The first kappa shape index (κ1) is 29.7. The van der Waals surface area contributed by atoms with E-state index in [1.165, 1.54) is 35.4 Å². The Morgan fingerprint density at radius 3 is 2.22 bits per heavy atom. The predicted octanol–water partition coefficient (Wildman–Crippen LogP) is 4.74. The van der Waals surface area contributed by atoms with Crippen LogP contribution in [0.1, 0.15) is 41.8 Å². The zero-order valence-corrected chi connectivity index (χ0v) is 23.4. The van der Waals surface area contributed by atoms with Crippen molar-refractivity contribution in [2.45, 2.75) is 43.8 Å². The SMILES string of the molecule is CCNS(=O)(=O)c1ccc(CCC(=O)N(Cc2ccc(F)cc2)[C@@H](C(=O)NCc2ccco2)c2ccccc2)cc1. The number of aryl methyl sites for hydroxylation is 1. The second-order valence-electron chi connectivity index (χ2n) is 9.40. The normalized spacial score (nSPS) is 12.0. The van der Waals surface area contributed by atoms with Gasteiger partial charge in [-0.3, -0.25) is 9.59 Å². The molecule has 0 unspecified atom stereocenters. The van der Waals surface area contributed by atoms with Crippen LogP contribution in [0.25, 0.3) is 0 Å². The maximum absolute atomic E-state index is 13.8. The molecule has 4 rings (SSSR count). The van der Waals surface area contributed by atoms with E-state index in [2.05, 4.69) is 10.0 Å². The summed E-state index contributed by atoms with van der Waals surface area (Å²) in [6, 6.07) is 23.6. The molecule has 4 aromatic rings. The lowest BCUT2D eigenvalue weighted by Gasteiger charge is -2.31. The third-order valence-corrected chi connectivity index (χ3v) is 8.04. The van der Waals surface area contributed by atoms with Crippen LogP contribution in [0.5, 0.6) is 0 Å². The molecule has 0 bridgehead atoms. The zero-order valence-electron chi connectivity index (χ0n) is 22.6. The lowest BCUT2D eigenvalue weighted by molar-refractivity contribution is -0.141. The molecule has 0 saturated heterocycles. The van der Waals surface area contributed by atoms with Crippen LogP contribution < -0.4 is 10.0 Å². The van der Waals surface area contributed by atoms with Crippen LogP contribution in [-0.4, -0.2) is 31.7 Å². The highest BCUT2D eigenvalue weighted by molar-refractivity contribution is 7.89. The molecule has 41 heavy (non-hydrogen) atoms. The van der Waals surface area contributed by atoms with E-state index in [-0.39, 0.29) is 42.8 Å². The Kier molecular flexibility index (Phi) is 10.0. The lowest BCUT2D eigenvalue weighted by atomic mass is 10.0. The summed E-state index contributed by atoms with van der Waals surface area (Å²) >= 11 is 0. The average Bonchev–Trinajstić information content (AvgIpc) is 3.50. The lowest BCUT2D eigenvalue weighted by Crippen LogP contribution is -2.43. The van der Waals surface area contributed by atoms with Gasteiger partial charge in [-0.2, -0.15) is 0 Å². The molecule has 2 N–H and O–H groups in total. The molecule has 0 aliphatic rings. The second-order valence-corrected chi connectivity index (χ2v) is 11.2. The van der Waals surface area contributed by atoms with E-state index in [4.69, 9.17) is 4.42 Å². The van der Waals surface area contributed by atoms with Crippen LogP contribution in [0.3, 0.4) is 0 Å². The molecular weight excluding hydrogens is 545 g/mol. The van der Waals surface area contributed by atoms with Gasteiger partial charge in [-0.25, -0.2) is 17.5 Å². The quantitative estimate of drug-likeness (QED) is 0.239. The number of carbonyl (C=O) groups is 2. The molecule has 1 atom stereocenters. The summed E-state index contributed by atoms with van der Waals surface area (Å²) in [7, 11) is -3.59. The molecule has 1 aromatic heterocycles. The first-order valence-corrected chi connectivity index (χ1v) is 14.7. The Bertz CT molecular complexity index is 1530. The highest BCUT2D eigenvalue weighted by atomic mass is 32.2. The molecule has 3 aromatic carbocycles. The maximum atomic E-state index is 13.8. The molecule has 10 heteroatoms. The van der Waals surface area contributed by atoms with Gasteiger partial charge in [-0.15, -0.1) is 0 Å². The van der Waals surface area contributed by atoms with E-state index in [0.29, 0.717) is 23.3 Å². The number of nitrogens with one attached hydrogen (secondary N) is 2. The minimum Gasteiger partial charge on any atom is -0.467 e. The van der Waals surface area contributed by atoms with Crippen LogP contribution >= 0.6 is 0 Å². The fraction of sp³-hybridized carbons (Fsp3) is 0.226. The second kappa shape index (κ2) is 13.9. The number of halogens is 1. The number of rotatable bonds is 13. The van der Waals surface area contributed by atoms with Gasteiger partial charge in [0, 0.05) is 19.5 Å². The Hall–Kier alpha value is -4.28. The van der Waals surface area contributed by atoms with E-state index >= 15 is 0 Å². The van der Waals surface area contributed by atoms with E-state index in [9.17, 15) is 22.4 Å². The van der Waals surface area contributed by atoms with E-state index < -0.39 is 21.9 Å². The van der Waals surface area contributed by atoms with Crippen molar-refractivity contribution in [3.63, 3.8) is 0 Å². The number of benzene rings is 3. The zero-order chi connectivity index (χ0) is 29.2. The van der Waals surface area contributed by atoms with Crippen LogP contribution in [0.15, 0.2) is 107 Å². The molecule has 8 nitrogen and oxygen atoms in total. The monoisotopic (exact) mass is 577 g/mol. The van der Waals surface area contributed by atoms with Gasteiger partial charge in [0.1, 0.15) is 17.6 Å². The van der Waals surface area contributed by atoms with Gasteiger partial charge in [0.25, 0.3) is 0 Å². The van der Waals surface area contributed by atoms with Gasteiger partial charge in [0.05, 0.1) is 17.7 Å². The molecule has 214 valence electrons. The molecular formula is C31H32FN3O5S. The fourth-order valence-electron chi connectivity index (χ4n) is 4.41. The standard InChI is InChI=1S/C31H32FN3O5S/c1-2-34-41(38,39)28-17-12-23(13-18-28)14-19-29(36)35(22-24-10-15-26(32)16-11-24)30(25-7-4-3-5-8-25)31(37)33-21-27-9-6-20-40-27/h3-13,15-18,20,30,34H,2,14,19,21-22H2,1H3,(H,33,37)/t30-/m1/s1. The predicted molar refractivity (Wildman–Crippen MR) is 152 cm³/mol. The summed E-state index contributed by atoms with van der Waals surface area (Å²) in [6.45, 7) is 2.21. The van der Waals surface area contributed by atoms with Crippen molar-refractivity contribution in [2.75, 3.05) is 6.54 Å². The van der Waals surface area contributed by atoms with Crippen LogP contribution in [0.4, 0.5) is 4.39 Å². The van der Waals surface area contributed by atoms with Crippen molar-refractivity contribution in [1.29, 1.82) is 0 Å². The van der Waals surface area contributed by atoms with Gasteiger partial charge in [-0.1, -0.05) is 61.5 Å². The summed E-state index contributed by atoms with van der Waals surface area (Å²) in [6.07, 6.45) is 1.91. The van der Waals surface area contributed by atoms with Crippen molar-refractivity contribution < 1.29 is 26.8 Å². The Morgan fingerprint density at radius 1 is 0.902 bits per heavy atom. The summed E-state index contributed by atoms with van der Waals surface area (Å²) in [5.41, 5.74) is 2.06. The fourth-order valence-corrected chi connectivity index (χ4v) is 5.45. The van der Waals surface area contributed by atoms with Crippen molar-refractivity contribution >= 4 is 21.8 Å². The summed E-state index contributed by atoms with van der Waals surface area (Å²) in [5, 5.41) is 2.87. The first-order chi connectivity index (χ1) is 19.8.